The highest BCUT2D eigenvalue weighted by Gasteiger charge is 2.28. The first kappa shape index (κ1) is 24.8. The average molecular weight is 519 g/mol. The Morgan fingerprint density at radius 1 is 1.28 bits per heavy atom. The van der Waals surface area contributed by atoms with Gasteiger partial charge >= 0.3 is 5.69 Å². The number of carbonyl (C=O) groups excluding carboxylic acids is 2. The summed E-state index contributed by atoms with van der Waals surface area (Å²) in [5, 5.41) is 22.0. The number of primary amides is 1. The number of amides is 2. The maximum Gasteiger partial charge on any atom is 0.307 e. The third-order valence-electron chi connectivity index (χ3n) is 5.65. The van der Waals surface area contributed by atoms with Gasteiger partial charge in [-0.05, 0) is 32.4 Å². The van der Waals surface area contributed by atoms with Gasteiger partial charge in [0, 0.05) is 23.2 Å². The highest BCUT2D eigenvalue weighted by molar-refractivity contribution is 7.21. The molecule has 0 radical (unpaired) electrons. The van der Waals surface area contributed by atoms with Gasteiger partial charge in [-0.15, -0.1) is 11.3 Å². The molecule has 0 spiro atoms. The van der Waals surface area contributed by atoms with E-state index in [-0.39, 0.29) is 26.5 Å². The Hall–Kier alpha value is -4.27. The fourth-order valence-electron chi connectivity index (χ4n) is 3.75. The van der Waals surface area contributed by atoms with Gasteiger partial charge in [-0.1, -0.05) is 0 Å². The summed E-state index contributed by atoms with van der Waals surface area (Å²) in [4.78, 5) is 39.7. The zero-order valence-electron chi connectivity index (χ0n) is 19.2. The van der Waals surface area contributed by atoms with E-state index in [9.17, 15) is 28.5 Å². The van der Waals surface area contributed by atoms with E-state index in [1.165, 1.54) is 19.2 Å². The zero-order valence-corrected chi connectivity index (χ0v) is 20.0. The molecule has 0 saturated heterocycles. The normalized spacial score (nSPS) is 12.3. The van der Waals surface area contributed by atoms with Crippen molar-refractivity contribution in [3.8, 4) is 11.1 Å². The maximum absolute atomic E-state index is 13.7. The molecule has 0 aliphatic carbocycles. The number of pyridine rings is 1. The minimum atomic E-state index is -2.89. The SMILES string of the molecule is CCn1ncc(-c2cc(C(F)F)nc3sc(C(N)=O)c(NC(=O)C(C)n4cc([N+](=O)[O-])cn4)c23)c1C. The molecular formula is C21H20F2N8O4S. The van der Waals surface area contributed by atoms with Crippen LogP contribution in [0.4, 0.5) is 20.2 Å². The maximum atomic E-state index is 13.7. The highest BCUT2D eigenvalue weighted by Crippen LogP contribution is 2.43. The number of carbonyl (C=O) groups is 2. The Morgan fingerprint density at radius 2 is 2.00 bits per heavy atom. The van der Waals surface area contributed by atoms with Crippen molar-refractivity contribution < 1.29 is 23.3 Å². The summed E-state index contributed by atoms with van der Waals surface area (Å²) in [5.74, 6) is -1.55. The number of aryl methyl sites for hydroxylation is 1. The van der Waals surface area contributed by atoms with Gasteiger partial charge in [0.25, 0.3) is 12.3 Å². The van der Waals surface area contributed by atoms with Crippen LogP contribution >= 0.6 is 11.3 Å². The molecule has 0 fully saturated rings. The first-order chi connectivity index (χ1) is 17.0. The van der Waals surface area contributed by atoms with Crippen LogP contribution in [0.1, 0.15) is 47.4 Å². The van der Waals surface area contributed by atoms with Crippen molar-refractivity contribution in [1.82, 2.24) is 24.5 Å². The molecule has 2 amide bonds. The summed E-state index contributed by atoms with van der Waals surface area (Å²) in [6.07, 6.45) is 0.722. The molecule has 12 nitrogen and oxygen atoms in total. The number of nitrogens with one attached hydrogen (secondary N) is 1. The van der Waals surface area contributed by atoms with Crippen LogP contribution in [0.3, 0.4) is 0 Å². The Bertz CT molecular complexity index is 1510. The van der Waals surface area contributed by atoms with Gasteiger partial charge in [0.1, 0.15) is 33.8 Å². The average Bonchev–Trinajstić information content (AvgIpc) is 3.55. The van der Waals surface area contributed by atoms with Gasteiger partial charge in [-0.25, -0.2) is 13.8 Å². The number of halogens is 2. The van der Waals surface area contributed by atoms with Crippen LogP contribution in [0.25, 0.3) is 21.3 Å². The van der Waals surface area contributed by atoms with Gasteiger partial charge in [-0.3, -0.25) is 29.1 Å². The van der Waals surface area contributed by atoms with E-state index in [2.05, 4.69) is 20.5 Å². The summed E-state index contributed by atoms with van der Waals surface area (Å²) >= 11 is 0.776. The van der Waals surface area contributed by atoms with E-state index in [0.717, 1.165) is 28.4 Å². The predicted molar refractivity (Wildman–Crippen MR) is 127 cm³/mol. The summed E-state index contributed by atoms with van der Waals surface area (Å²) in [7, 11) is 0. The molecule has 0 aliphatic heterocycles. The minimum absolute atomic E-state index is 0.00738. The fourth-order valence-corrected chi connectivity index (χ4v) is 4.76. The first-order valence-corrected chi connectivity index (χ1v) is 11.4. The van der Waals surface area contributed by atoms with Gasteiger partial charge in [0.15, 0.2) is 0 Å². The van der Waals surface area contributed by atoms with E-state index in [4.69, 9.17) is 5.73 Å². The largest absolute Gasteiger partial charge is 0.365 e. The van der Waals surface area contributed by atoms with Crippen molar-refractivity contribution in [3.63, 3.8) is 0 Å². The van der Waals surface area contributed by atoms with E-state index in [1.807, 2.05) is 6.92 Å². The number of thiophene rings is 1. The predicted octanol–water partition coefficient (Wildman–Crippen LogP) is 3.83. The lowest BCUT2D eigenvalue weighted by atomic mass is 10.0. The molecular weight excluding hydrogens is 498 g/mol. The van der Waals surface area contributed by atoms with Crippen LogP contribution in [0, 0.1) is 17.0 Å². The first-order valence-electron chi connectivity index (χ1n) is 10.6. The Labute approximate surface area is 205 Å². The molecule has 0 bridgehead atoms. The Kier molecular flexibility index (Phi) is 6.49. The number of nitrogens with two attached hydrogens (primary N) is 1. The van der Waals surface area contributed by atoms with E-state index >= 15 is 0 Å². The van der Waals surface area contributed by atoms with Gasteiger partial charge in [0.2, 0.25) is 5.91 Å². The number of rotatable bonds is 8. The Morgan fingerprint density at radius 3 is 2.56 bits per heavy atom. The van der Waals surface area contributed by atoms with Crippen molar-refractivity contribution in [2.75, 3.05) is 5.32 Å². The molecule has 0 saturated carbocycles. The lowest BCUT2D eigenvalue weighted by molar-refractivity contribution is -0.385. The van der Waals surface area contributed by atoms with Crippen LogP contribution in [0.2, 0.25) is 0 Å². The van der Waals surface area contributed by atoms with Crippen molar-refractivity contribution in [2.45, 2.75) is 39.8 Å². The third-order valence-corrected chi connectivity index (χ3v) is 6.74. The van der Waals surface area contributed by atoms with Crippen LogP contribution < -0.4 is 11.1 Å². The Balaban J connectivity index is 1.88. The number of nitrogens with zero attached hydrogens (tertiary/aromatic N) is 6. The standard InChI is InChI=1S/C21H20F2N8O4S/c1-4-29-9(2)13(7-26-29)12-5-14(18(22)23)27-21-15(12)16(17(36-21)19(24)32)28-20(33)10(3)30-8-11(6-25-30)31(34)35/h5-8,10,18H,4H2,1-3H3,(H2,24,32)(H,28,33). The van der Waals surface area contributed by atoms with Crippen molar-refractivity contribution in [2.24, 2.45) is 5.73 Å². The molecule has 0 aliphatic rings. The molecule has 4 rings (SSSR count). The molecule has 0 aromatic carbocycles. The zero-order chi connectivity index (χ0) is 26.3. The molecule has 3 N–H and O–H groups in total. The molecule has 15 heteroatoms. The van der Waals surface area contributed by atoms with Gasteiger partial charge < -0.3 is 11.1 Å². The quantitative estimate of drug-likeness (QED) is 0.264. The lowest BCUT2D eigenvalue weighted by Gasteiger charge is -2.14. The summed E-state index contributed by atoms with van der Waals surface area (Å²) in [6.45, 7) is 5.63. The molecule has 4 heterocycles. The van der Waals surface area contributed by atoms with Crippen LogP contribution in [-0.4, -0.2) is 41.3 Å². The number of fused-ring (bicyclic) bond motifs is 1. The highest BCUT2D eigenvalue weighted by atomic mass is 32.1. The number of alkyl halides is 2. The topological polar surface area (TPSA) is 164 Å². The van der Waals surface area contributed by atoms with Crippen molar-refractivity contribution in [3.05, 3.63) is 51.0 Å². The molecule has 4 aromatic heterocycles. The second-order valence-corrected chi connectivity index (χ2v) is 8.81. The van der Waals surface area contributed by atoms with Crippen molar-refractivity contribution >= 4 is 44.7 Å². The van der Waals surface area contributed by atoms with E-state index in [0.29, 0.717) is 23.4 Å². The fraction of sp³-hybridized carbons (Fsp3) is 0.286. The molecule has 1 unspecified atom stereocenters. The van der Waals surface area contributed by atoms with Gasteiger partial charge in [0.05, 0.1) is 16.8 Å². The van der Waals surface area contributed by atoms with E-state index in [1.54, 1.807) is 11.6 Å². The van der Waals surface area contributed by atoms with Crippen molar-refractivity contribution in [1.29, 1.82) is 0 Å². The second-order valence-electron chi connectivity index (χ2n) is 7.81. The van der Waals surface area contributed by atoms with E-state index < -0.39 is 34.9 Å². The second kappa shape index (κ2) is 9.41. The van der Waals surface area contributed by atoms with Gasteiger partial charge in [-0.2, -0.15) is 10.2 Å². The number of anilines is 1. The number of hydrogen-bond acceptors (Lipinski definition) is 8. The summed E-state index contributed by atoms with van der Waals surface area (Å²) in [5.41, 5.74) is 6.26. The third kappa shape index (κ3) is 4.28. The molecule has 188 valence electrons. The number of nitro groups is 1. The number of hydrogen-bond donors (Lipinski definition) is 2. The number of aromatic nitrogens is 5. The lowest BCUT2D eigenvalue weighted by Crippen LogP contribution is -2.25. The van der Waals surface area contributed by atoms with Crippen LogP contribution in [0.15, 0.2) is 24.7 Å². The smallest absolute Gasteiger partial charge is 0.307 e. The molecule has 1 atom stereocenters. The molecule has 36 heavy (non-hydrogen) atoms. The van der Waals surface area contributed by atoms with Crippen LogP contribution in [-0.2, 0) is 11.3 Å². The summed E-state index contributed by atoms with van der Waals surface area (Å²) in [6, 6.07) is 0.181. The van der Waals surface area contributed by atoms with Crippen LogP contribution in [0.5, 0.6) is 0 Å². The molecule has 4 aromatic rings. The minimum Gasteiger partial charge on any atom is -0.365 e. The monoisotopic (exact) mass is 518 g/mol. The summed E-state index contributed by atoms with van der Waals surface area (Å²) < 4.78 is 30.2.